The van der Waals surface area contributed by atoms with Gasteiger partial charge in [0.15, 0.2) is 5.03 Å². The average Bonchev–Trinajstić information content (AvgIpc) is 2.95. The highest BCUT2D eigenvalue weighted by atomic mass is 32.2. The number of nitrogens with one attached hydrogen (secondary N) is 1. The molecule has 1 aliphatic heterocycles. The Morgan fingerprint density at radius 3 is 2.24 bits per heavy atom. The van der Waals surface area contributed by atoms with Crippen LogP contribution < -0.4 is 14.4 Å². The number of hydrogen-bond acceptors (Lipinski definition) is 9. The zero-order chi connectivity index (χ0) is 29.1. The van der Waals surface area contributed by atoms with Gasteiger partial charge in [0.05, 0.1) is 5.69 Å². The molecule has 0 atom stereocenters. The van der Waals surface area contributed by atoms with E-state index in [2.05, 4.69) is 29.6 Å². The van der Waals surface area contributed by atoms with E-state index in [1.807, 2.05) is 32.9 Å². The Morgan fingerprint density at radius 1 is 0.902 bits per heavy atom. The van der Waals surface area contributed by atoms with Gasteiger partial charge in [0.25, 0.3) is 15.9 Å². The number of amides is 1. The molecule has 0 unspecified atom stereocenters. The fraction of sp³-hybridized carbons (Fsp3) is 0.300. The molecule has 41 heavy (non-hydrogen) atoms. The van der Waals surface area contributed by atoms with Crippen molar-refractivity contribution in [1.82, 2.24) is 24.7 Å². The number of pyridine rings is 2. The van der Waals surface area contributed by atoms with Gasteiger partial charge < -0.3 is 9.64 Å². The lowest BCUT2D eigenvalue weighted by atomic mass is 10.1. The lowest BCUT2D eigenvalue weighted by molar-refractivity contribution is 0.0978. The molecule has 10 nitrogen and oxygen atoms in total. The maximum absolute atomic E-state index is 13.4. The predicted molar refractivity (Wildman–Crippen MR) is 156 cm³/mol. The third-order valence-electron chi connectivity index (χ3n) is 6.85. The minimum Gasteiger partial charge on any atom is -0.438 e. The van der Waals surface area contributed by atoms with Crippen LogP contribution in [0.2, 0.25) is 0 Å². The largest absolute Gasteiger partial charge is 0.438 e. The van der Waals surface area contributed by atoms with Gasteiger partial charge in [0.2, 0.25) is 11.8 Å². The van der Waals surface area contributed by atoms with Crippen LogP contribution in [0.5, 0.6) is 11.6 Å². The van der Waals surface area contributed by atoms with Crippen LogP contribution >= 0.6 is 0 Å². The SMILES string of the molecule is Cc1cc(C)c(Oc2nc(-c3cnc(N4CCCCC4)nc3)ccc2C(=O)NS(=O)(=O)c2cccc(C)n2)c(C)c1. The summed E-state index contributed by atoms with van der Waals surface area (Å²) in [5.74, 6) is 0.278. The minimum absolute atomic E-state index is 0.0393. The molecule has 5 rings (SSSR count). The molecule has 212 valence electrons. The van der Waals surface area contributed by atoms with Crippen LogP contribution in [-0.2, 0) is 10.0 Å². The van der Waals surface area contributed by atoms with Crippen LogP contribution in [0.1, 0.15) is 52.0 Å². The van der Waals surface area contributed by atoms with Crippen molar-refractivity contribution in [1.29, 1.82) is 0 Å². The van der Waals surface area contributed by atoms with Crippen LogP contribution in [0.15, 0.2) is 59.9 Å². The number of carbonyl (C=O) groups excluding carboxylic acids is 1. The number of ether oxygens (including phenoxy) is 1. The van der Waals surface area contributed by atoms with E-state index < -0.39 is 15.9 Å². The monoisotopic (exact) mass is 572 g/mol. The van der Waals surface area contributed by atoms with Crippen molar-refractivity contribution >= 4 is 21.9 Å². The summed E-state index contributed by atoms with van der Waals surface area (Å²) in [5.41, 5.74) is 4.35. The van der Waals surface area contributed by atoms with Gasteiger partial charge in [-0.15, -0.1) is 0 Å². The van der Waals surface area contributed by atoms with Gasteiger partial charge in [-0.2, -0.15) is 8.42 Å². The van der Waals surface area contributed by atoms with Crippen molar-refractivity contribution in [3.63, 3.8) is 0 Å². The van der Waals surface area contributed by atoms with Gasteiger partial charge in [0, 0.05) is 36.7 Å². The number of rotatable bonds is 7. The number of carbonyl (C=O) groups is 1. The van der Waals surface area contributed by atoms with Crippen LogP contribution in [0.25, 0.3) is 11.3 Å². The average molecular weight is 573 g/mol. The number of sulfonamides is 1. The molecule has 0 spiro atoms. The molecule has 4 heterocycles. The molecular formula is C30H32N6O4S. The zero-order valence-corrected chi connectivity index (χ0v) is 24.3. The van der Waals surface area contributed by atoms with E-state index in [1.165, 1.54) is 18.6 Å². The fourth-order valence-electron chi connectivity index (χ4n) is 4.88. The number of benzene rings is 1. The fourth-order valence-corrected chi connectivity index (χ4v) is 5.86. The first-order valence-corrected chi connectivity index (χ1v) is 14.9. The van der Waals surface area contributed by atoms with Crippen molar-refractivity contribution in [2.24, 2.45) is 0 Å². The van der Waals surface area contributed by atoms with Gasteiger partial charge >= 0.3 is 0 Å². The zero-order valence-electron chi connectivity index (χ0n) is 23.5. The summed E-state index contributed by atoms with van der Waals surface area (Å²) in [6, 6.07) is 11.6. The van der Waals surface area contributed by atoms with E-state index >= 15 is 0 Å². The molecule has 1 aliphatic rings. The highest BCUT2D eigenvalue weighted by Crippen LogP contribution is 2.32. The first kappa shape index (κ1) is 28.2. The smallest absolute Gasteiger partial charge is 0.281 e. The highest BCUT2D eigenvalue weighted by molar-refractivity contribution is 7.90. The molecule has 4 aromatic rings. The van der Waals surface area contributed by atoms with Crippen molar-refractivity contribution in [3.05, 3.63) is 82.8 Å². The Morgan fingerprint density at radius 2 is 1.59 bits per heavy atom. The number of nitrogens with zero attached hydrogens (tertiary/aromatic N) is 5. The van der Waals surface area contributed by atoms with Gasteiger partial charge in [-0.25, -0.2) is 24.7 Å². The second-order valence-electron chi connectivity index (χ2n) is 10.3. The maximum Gasteiger partial charge on any atom is 0.281 e. The van der Waals surface area contributed by atoms with Gasteiger partial charge in [-0.1, -0.05) is 23.8 Å². The summed E-state index contributed by atoms with van der Waals surface area (Å²) in [4.78, 5) is 33.3. The second-order valence-corrected chi connectivity index (χ2v) is 11.9. The minimum atomic E-state index is -4.24. The maximum atomic E-state index is 13.4. The van der Waals surface area contributed by atoms with E-state index in [9.17, 15) is 13.2 Å². The molecule has 1 amide bonds. The van der Waals surface area contributed by atoms with E-state index in [0.717, 1.165) is 42.6 Å². The van der Waals surface area contributed by atoms with E-state index in [0.29, 0.717) is 28.6 Å². The Hall–Kier alpha value is -4.38. The highest BCUT2D eigenvalue weighted by Gasteiger charge is 2.25. The molecule has 11 heteroatoms. The molecular weight excluding hydrogens is 540 g/mol. The molecule has 1 N–H and O–H groups in total. The van der Waals surface area contributed by atoms with E-state index in [1.54, 1.807) is 37.5 Å². The van der Waals surface area contributed by atoms with Crippen LogP contribution in [0, 0.1) is 27.7 Å². The quantitative estimate of drug-likeness (QED) is 0.323. The second kappa shape index (κ2) is 11.6. The van der Waals surface area contributed by atoms with Crippen molar-refractivity contribution in [2.45, 2.75) is 52.0 Å². The Balaban J connectivity index is 1.51. The normalized spacial score (nSPS) is 13.6. The summed E-state index contributed by atoms with van der Waals surface area (Å²) in [6.45, 7) is 9.31. The number of anilines is 1. The predicted octanol–water partition coefficient (Wildman–Crippen LogP) is 5.07. The van der Waals surface area contributed by atoms with E-state index in [4.69, 9.17) is 4.74 Å². The molecule has 1 aromatic carbocycles. The molecule has 0 bridgehead atoms. The Kier molecular flexibility index (Phi) is 7.98. The third-order valence-corrected chi connectivity index (χ3v) is 8.08. The topological polar surface area (TPSA) is 127 Å². The molecule has 0 radical (unpaired) electrons. The molecule has 0 saturated carbocycles. The van der Waals surface area contributed by atoms with Gasteiger partial charge in [-0.05, 0) is 82.3 Å². The first-order chi connectivity index (χ1) is 19.6. The summed E-state index contributed by atoms with van der Waals surface area (Å²) in [7, 11) is -4.24. The summed E-state index contributed by atoms with van der Waals surface area (Å²) < 4.78 is 34.3. The van der Waals surface area contributed by atoms with Crippen LogP contribution in [0.3, 0.4) is 0 Å². The number of piperidine rings is 1. The van der Waals surface area contributed by atoms with Crippen molar-refractivity contribution in [2.75, 3.05) is 18.0 Å². The number of hydrogen-bond donors (Lipinski definition) is 1. The standard InChI is InChI=1S/C30H32N6O4S/c1-19-15-20(2)27(21(3)16-19)40-29-24(28(37)35-41(38,39)26-10-8-9-22(4)33-26)11-12-25(34-29)23-17-31-30(32-18-23)36-13-6-5-7-14-36/h8-12,15-18H,5-7,13-14H2,1-4H3,(H,35,37). The lowest BCUT2D eigenvalue weighted by Gasteiger charge is -2.26. The summed E-state index contributed by atoms with van der Waals surface area (Å²) in [5, 5.41) is -0.255. The lowest BCUT2D eigenvalue weighted by Crippen LogP contribution is -2.31. The number of aryl methyl sites for hydroxylation is 4. The van der Waals surface area contributed by atoms with E-state index in [-0.39, 0.29) is 16.5 Å². The van der Waals surface area contributed by atoms with Gasteiger partial charge in [-0.3, -0.25) is 4.79 Å². The third kappa shape index (κ3) is 6.35. The van der Waals surface area contributed by atoms with Gasteiger partial charge in [0.1, 0.15) is 11.3 Å². The Labute approximate surface area is 239 Å². The molecule has 1 fully saturated rings. The molecule has 1 saturated heterocycles. The summed E-state index contributed by atoms with van der Waals surface area (Å²) >= 11 is 0. The molecule has 0 aliphatic carbocycles. The van der Waals surface area contributed by atoms with Crippen LogP contribution in [-0.4, -0.2) is 47.4 Å². The van der Waals surface area contributed by atoms with Crippen molar-refractivity contribution < 1.29 is 17.9 Å². The van der Waals surface area contributed by atoms with Crippen molar-refractivity contribution in [3.8, 4) is 22.9 Å². The first-order valence-electron chi connectivity index (χ1n) is 13.5. The Bertz CT molecular complexity index is 1680. The molecule has 3 aromatic heterocycles. The summed E-state index contributed by atoms with van der Waals surface area (Å²) in [6.07, 6.45) is 6.83. The van der Waals surface area contributed by atoms with Crippen LogP contribution in [0.4, 0.5) is 5.95 Å². The number of aromatic nitrogens is 4.